The number of nitrogens with zero attached hydrogens (tertiary/aromatic N) is 1. The van der Waals surface area contributed by atoms with E-state index in [1.54, 1.807) is 0 Å². The van der Waals surface area contributed by atoms with Crippen LogP contribution in [0.2, 0.25) is 0 Å². The number of aromatic nitrogens is 1. The molecule has 1 atom stereocenters. The predicted molar refractivity (Wildman–Crippen MR) is 76.7 cm³/mol. The molecule has 0 aliphatic rings. The second-order valence-electron chi connectivity index (χ2n) is 5.16. The van der Waals surface area contributed by atoms with Crippen LogP contribution in [-0.4, -0.2) is 11.5 Å². The third-order valence-corrected chi connectivity index (χ3v) is 4.12. The average Bonchev–Trinajstić information content (AvgIpc) is 2.58. The number of nitrogens with one attached hydrogen (secondary N) is 1. The Morgan fingerprint density at radius 3 is 2.41 bits per heavy atom. The van der Waals surface area contributed by atoms with E-state index in [0.29, 0.717) is 6.04 Å². The van der Waals surface area contributed by atoms with Crippen LogP contribution in [0.4, 0.5) is 0 Å². The Bertz CT molecular complexity index is 331. The van der Waals surface area contributed by atoms with Gasteiger partial charge in [0, 0.05) is 10.9 Å². The Morgan fingerprint density at radius 1 is 1.24 bits per heavy atom. The van der Waals surface area contributed by atoms with Gasteiger partial charge in [0.25, 0.3) is 0 Å². The van der Waals surface area contributed by atoms with Gasteiger partial charge in [-0.25, -0.2) is 4.98 Å². The van der Waals surface area contributed by atoms with Gasteiger partial charge in [-0.1, -0.05) is 20.8 Å². The summed E-state index contributed by atoms with van der Waals surface area (Å²) in [6.07, 6.45) is 3.69. The summed E-state index contributed by atoms with van der Waals surface area (Å²) < 4.78 is 0. The lowest BCUT2D eigenvalue weighted by molar-refractivity contribution is 0.443. The Morgan fingerprint density at radius 2 is 1.94 bits per heavy atom. The lowest BCUT2D eigenvalue weighted by Crippen LogP contribution is -2.22. The second kappa shape index (κ2) is 7.12. The summed E-state index contributed by atoms with van der Waals surface area (Å²) in [4.78, 5) is 5.99. The van der Waals surface area contributed by atoms with E-state index in [1.165, 1.54) is 34.8 Å². The largest absolute Gasteiger partial charge is 0.309 e. The van der Waals surface area contributed by atoms with Crippen molar-refractivity contribution in [1.82, 2.24) is 10.3 Å². The number of thiazole rings is 1. The molecule has 3 heteroatoms. The summed E-state index contributed by atoms with van der Waals surface area (Å²) in [7, 11) is 0. The molecule has 0 aliphatic carbocycles. The Kier molecular flexibility index (Phi) is 6.14. The zero-order valence-corrected chi connectivity index (χ0v) is 12.7. The van der Waals surface area contributed by atoms with Gasteiger partial charge in [-0.3, -0.25) is 0 Å². The van der Waals surface area contributed by atoms with Crippen LogP contribution < -0.4 is 5.32 Å². The van der Waals surface area contributed by atoms with E-state index in [1.807, 2.05) is 11.3 Å². The van der Waals surface area contributed by atoms with Crippen LogP contribution in [-0.2, 0) is 0 Å². The number of rotatable bonds is 7. The van der Waals surface area contributed by atoms with Crippen LogP contribution in [0.3, 0.4) is 0 Å². The monoisotopic (exact) mass is 254 g/mol. The molecule has 98 valence electrons. The molecule has 0 saturated carbocycles. The van der Waals surface area contributed by atoms with Crippen molar-refractivity contribution in [3.8, 4) is 0 Å². The molecule has 0 amide bonds. The fourth-order valence-electron chi connectivity index (χ4n) is 2.01. The zero-order valence-electron chi connectivity index (χ0n) is 11.8. The minimum absolute atomic E-state index is 0.503. The van der Waals surface area contributed by atoms with E-state index >= 15 is 0 Å². The van der Waals surface area contributed by atoms with Gasteiger partial charge < -0.3 is 5.32 Å². The van der Waals surface area contributed by atoms with Crippen molar-refractivity contribution in [2.24, 2.45) is 5.92 Å². The van der Waals surface area contributed by atoms with Crippen molar-refractivity contribution in [3.05, 3.63) is 15.6 Å². The summed E-state index contributed by atoms with van der Waals surface area (Å²) in [5, 5.41) is 4.85. The van der Waals surface area contributed by atoms with Gasteiger partial charge >= 0.3 is 0 Å². The molecule has 1 unspecified atom stereocenters. The summed E-state index contributed by atoms with van der Waals surface area (Å²) >= 11 is 1.85. The van der Waals surface area contributed by atoms with Gasteiger partial charge in [-0.05, 0) is 45.6 Å². The fourth-order valence-corrected chi connectivity index (χ4v) is 3.05. The number of hydrogen-bond acceptors (Lipinski definition) is 3. The maximum Gasteiger partial charge on any atom is 0.0900 e. The average molecular weight is 254 g/mol. The van der Waals surface area contributed by atoms with Crippen molar-refractivity contribution in [1.29, 1.82) is 0 Å². The molecule has 0 bridgehead atoms. The standard InChI is InChI=1S/C14H26N2S/c1-6-9-15-13(8-7-10(2)3)14-11(4)16-12(5)17-14/h10,13,15H,6-9H2,1-5H3. The number of aryl methyl sites for hydroxylation is 2. The molecule has 0 saturated heterocycles. The maximum atomic E-state index is 4.55. The third-order valence-electron chi connectivity index (χ3n) is 2.93. The van der Waals surface area contributed by atoms with Gasteiger partial charge in [0.1, 0.15) is 0 Å². The van der Waals surface area contributed by atoms with Gasteiger partial charge in [0.15, 0.2) is 0 Å². The molecule has 1 aromatic heterocycles. The fraction of sp³-hybridized carbons (Fsp3) is 0.786. The molecule has 0 aliphatic heterocycles. The molecule has 1 heterocycles. The minimum atomic E-state index is 0.503. The first-order valence-electron chi connectivity index (χ1n) is 6.71. The van der Waals surface area contributed by atoms with Crippen molar-refractivity contribution >= 4 is 11.3 Å². The molecule has 0 aromatic carbocycles. The minimum Gasteiger partial charge on any atom is -0.309 e. The summed E-state index contributed by atoms with van der Waals surface area (Å²) in [6.45, 7) is 12.1. The van der Waals surface area contributed by atoms with E-state index in [2.05, 4.69) is 44.9 Å². The van der Waals surface area contributed by atoms with E-state index in [4.69, 9.17) is 0 Å². The van der Waals surface area contributed by atoms with E-state index in [-0.39, 0.29) is 0 Å². The first kappa shape index (κ1) is 14.7. The second-order valence-corrected chi connectivity index (χ2v) is 6.40. The molecule has 2 nitrogen and oxygen atoms in total. The summed E-state index contributed by atoms with van der Waals surface area (Å²) in [6, 6.07) is 0.503. The normalized spacial score (nSPS) is 13.3. The Labute approximate surface area is 110 Å². The van der Waals surface area contributed by atoms with E-state index in [0.717, 1.165) is 12.5 Å². The molecule has 0 radical (unpaired) electrons. The van der Waals surface area contributed by atoms with Crippen LogP contribution in [0.5, 0.6) is 0 Å². The summed E-state index contributed by atoms with van der Waals surface area (Å²) in [5.74, 6) is 0.773. The highest BCUT2D eigenvalue weighted by Crippen LogP contribution is 2.29. The Hall–Kier alpha value is -0.410. The highest BCUT2D eigenvalue weighted by molar-refractivity contribution is 7.11. The van der Waals surface area contributed by atoms with Crippen molar-refractivity contribution < 1.29 is 0 Å². The maximum absolute atomic E-state index is 4.55. The van der Waals surface area contributed by atoms with Crippen LogP contribution >= 0.6 is 11.3 Å². The molecular weight excluding hydrogens is 228 g/mol. The van der Waals surface area contributed by atoms with Crippen LogP contribution in [0.1, 0.15) is 61.7 Å². The molecule has 17 heavy (non-hydrogen) atoms. The van der Waals surface area contributed by atoms with Gasteiger partial charge in [-0.15, -0.1) is 11.3 Å². The van der Waals surface area contributed by atoms with Crippen LogP contribution in [0.25, 0.3) is 0 Å². The highest BCUT2D eigenvalue weighted by Gasteiger charge is 2.16. The van der Waals surface area contributed by atoms with Gasteiger partial charge in [-0.2, -0.15) is 0 Å². The molecule has 1 rings (SSSR count). The zero-order chi connectivity index (χ0) is 12.8. The van der Waals surface area contributed by atoms with E-state index in [9.17, 15) is 0 Å². The molecule has 1 N–H and O–H groups in total. The van der Waals surface area contributed by atoms with Crippen LogP contribution in [0.15, 0.2) is 0 Å². The quantitative estimate of drug-likeness (QED) is 0.787. The SMILES string of the molecule is CCCNC(CCC(C)C)c1sc(C)nc1C. The summed E-state index contributed by atoms with van der Waals surface area (Å²) in [5.41, 5.74) is 1.21. The lowest BCUT2D eigenvalue weighted by atomic mass is 10.0. The molecular formula is C14H26N2S. The van der Waals surface area contributed by atoms with Crippen molar-refractivity contribution in [2.45, 2.75) is 59.9 Å². The molecule has 0 fully saturated rings. The van der Waals surface area contributed by atoms with Gasteiger partial charge in [0.2, 0.25) is 0 Å². The van der Waals surface area contributed by atoms with Gasteiger partial charge in [0.05, 0.1) is 10.7 Å². The first-order valence-corrected chi connectivity index (χ1v) is 7.53. The van der Waals surface area contributed by atoms with Crippen LogP contribution in [0, 0.1) is 19.8 Å². The smallest absolute Gasteiger partial charge is 0.0900 e. The van der Waals surface area contributed by atoms with E-state index < -0.39 is 0 Å². The lowest BCUT2D eigenvalue weighted by Gasteiger charge is -2.18. The molecule has 1 aromatic rings. The van der Waals surface area contributed by atoms with Crippen molar-refractivity contribution in [2.75, 3.05) is 6.54 Å². The third kappa shape index (κ3) is 4.76. The van der Waals surface area contributed by atoms with Crippen molar-refractivity contribution in [3.63, 3.8) is 0 Å². The topological polar surface area (TPSA) is 24.9 Å². The Balaban J connectivity index is 2.70. The first-order chi connectivity index (χ1) is 8.04. The number of hydrogen-bond donors (Lipinski definition) is 1. The molecule has 0 spiro atoms. The highest BCUT2D eigenvalue weighted by atomic mass is 32.1. The predicted octanol–water partition coefficient (Wildman–Crippen LogP) is 4.24.